The van der Waals surface area contributed by atoms with E-state index in [1.807, 2.05) is 12.1 Å². The van der Waals surface area contributed by atoms with Gasteiger partial charge in [0.2, 0.25) is 0 Å². The second-order valence-electron chi connectivity index (χ2n) is 5.29. The standard InChI is InChI=1S/C17H20N2O3S/c1-3-13(2)14-8-10-16(11-9-14)23(21,22)19-18-12-15-6-4-5-7-17(15)20/h4-13,19-20H,3H2,1-2H3. The lowest BCUT2D eigenvalue weighted by Crippen LogP contribution is -2.18. The van der Waals surface area contributed by atoms with Crippen molar-refractivity contribution in [2.45, 2.75) is 31.1 Å². The van der Waals surface area contributed by atoms with Crippen LogP contribution >= 0.6 is 0 Å². The normalized spacial score (nSPS) is 13.1. The zero-order valence-electron chi connectivity index (χ0n) is 13.1. The molecule has 23 heavy (non-hydrogen) atoms. The van der Waals surface area contributed by atoms with Gasteiger partial charge in [-0.15, -0.1) is 0 Å². The van der Waals surface area contributed by atoms with Gasteiger partial charge in [0.15, 0.2) is 0 Å². The molecule has 0 spiro atoms. The number of phenolic OH excluding ortho intramolecular Hbond substituents is 1. The van der Waals surface area contributed by atoms with E-state index in [2.05, 4.69) is 23.8 Å². The van der Waals surface area contributed by atoms with Gasteiger partial charge < -0.3 is 5.11 Å². The van der Waals surface area contributed by atoms with Gasteiger partial charge in [-0.05, 0) is 42.2 Å². The smallest absolute Gasteiger partial charge is 0.276 e. The second kappa shape index (κ2) is 7.28. The van der Waals surface area contributed by atoms with E-state index in [4.69, 9.17) is 0 Å². The van der Waals surface area contributed by atoms with E-state index in [-0.39, 0.29) is 10.6 Å². The van der Waals surface area contributed by atoms with Crippen molar-refractivity contribution in [2.24, 2.45) is 5.10 Å². The van der Waals surface area contributed by atoms with E-state index < -0.39 is 10.0 Å². The van der Waals surface area contributed by atoms with Crippen molar-refractivity contribution in [2.75, 3.05) is 0 Å². The molecule has 0 heterocycles. The molecule has 2 aromatic rings. The molecule has 2 aromatic carbocycles. The Morgan fingerprint density at radius 2 is 1.83 bits per heavy atom. The van der Waals surface area contributed by atoms with Crippen molar-refractivity contribution in [3.05, 3.63) is 59.7 Å². The third-order valence-corrected chi connectivity index (χ3v) is 4.92. The highest BCUT2D eigenvalue weighted by Gasteiger charge is 2.13. The molecular formula is C17H20N2O3S. The maximum Gasteiger partial charge on any atom is 0.276 e. The monoisotopic (exact) mass is 332 g/mol. The highest BCUT2D eigenvalue weighted by Crippen LogP contribution is 2.20. The van der Waals surface area contributed by atoms with E-state index in [1.165, 1.54) is 12.3 Å². The van der Waals surface area contributed by atoms with Crippen LogP contribution < -0.4 is 4.83 Å². The fraction of sp³-hybridized carbons (Fsp3) is 0.235. The van der Waals surface area contributed by atoms with Crippen molar-refractivity contribution in [1.82, 2.24) is 4.83 Å². The van der Waals surface area contributed by atoms with Gasteiger partial charge in [0, 0.05) is 5.56 Å². The molecule has 1 unspecified atom stereocenters. The molecule has 0 fully saturated rings. The fourth-order valence-electron chi connectivity index (χ4n) is 2.03. The van der Waals surface area contributed by atoms with Crippen LogP contribution in [0.15, 0.2) is 58.5 Å². The second-order valence-corrected chi connectivity index (χ2v) is 6.95. The molecule has 0 aliphatic heterocycles. The average Bonchev–Trinajstić information content (AvgIpc) is 2.56. The summed E-state index contributed by atoms with van der Waals surface area (Å²) in [5, 5.41) is 13.3. The van der Waals surface area contributed by atoms with E-state index in [0.29, 0.717) is 11.5 Å². The van der Waals surface area contributed by atoms with Crippen molar-refractivity contribution in [3.8, 4) is 5.75 Å². The molecule has 0 aliphatic carbocycles. The van der Waals surface area contributed by atoms with E-state index in [0.717, 1.165) is 12.0 Å². The first kappa shape index (κ1) is 17.0. The molecule has 0 amide bonds. The molecular weight excluding hydrogens is 312 g/mol. The summed E-state index contributed by atoms with van der Waals surface area (Å²) in [7, 11) is -3.72. The minimum Gasteiger partial charge on any atom is -0.507 e. The summed E-state index contributed by atoms with van der Waals surface area (Å²) in [5.41, 5.74) is 1.53. The molecule has 0 aliphatic rings. The maximum atomic E-state index is 12.2. The highest BCUT2D eigenvalue weighted by atomic mass is 32.2. The number of phenols is 1. The lowest BCUT2D eigenvalue weighted by molar-refractivity contribution is 0.474. The lowest BCUT2D eigenvalue weighted by Gasteiger charge is -2.09. The number of nitrogens with zero attached hydrogens (tertiary/aromatic N) is 1. The van der Waals surface area contributed by atoms with Gasteiger partial charge in [-0.25, -0.2) is 4.83 Å². The number of nitrogens with one attached hydrogen (secondary N) is 1. The third-order valence-electron chi connectivity index (χ3n) is 3.69. The molecule has 5 nitrogen and oxygen atoms in total. The molecule has 0 radical (unpaired) electrons. The van der Waals surface area contributed by atoms with Gasteiger partial charge in [-0.2, -0.15) is 13.5 Å². The Bertz CT molecular complexity index is 784. The van der Waals surface area contributed by atoms with E-state index in [1.54, 1.807) is 30.3 Å². The molecule has 0 saturated heterocycles. The van der Waals surface area contributed by atoms with Crippen molar-refractivity contribution < 1.29 is 13.5 Å². The highest BCUT2D eigenvalue weighted by molar-refractivity contribution is 7.89. The number of aromatic hydroxyl groups is 1. The largest absolute Gasteiger partial charge is 0.507 e. The zero-order chi connectivity index (χ0) is 16.9. The molecule has 0 bridgehead atoms. The van der Waals surface area contributed by atoms with Crippen LogP contribution in [0.1, 0.15) is 37.3 Å². The minimum absolute atomic E-state index is 0.0355. The Kier molecular flexibility index (Phi) is 5.39. The summed E-state index contributed by atoms with van der Waals surface area (Å²) in [6.45, 7) is 4.18. The van der Waals surface area contributed by atoms with Gasteiger partial charge in [0.25, 0.3) is 10.0 Å². The predicted molar refractivity (Wildman–Crippen MR) is 91.2 cm³/mol. The molecule has 122 valence electrons. The molecule has 0 aromatic heterocycles. The summed E-state index contributed by atoms with van der Waals surface area (Å²) < 4.78 is 24.3. The predicted octanol–water partition coefficient (Wildman–Crippen LogP) is 3.22. The first-order valence-corrected chi connectivity index (χ1v) is 8.85. The van der Waals surface area contributed by atoms with Crippen LogP contribution in [0.3, 0.4) is 0 Å². The Morgan fingerprint density at radius 3 is 2.43 bits per heavy atom. The van der Waals surface area contributed by atoms with Gasteiger partial charge in [0.05, 0.1) is 11.1 Å². The van der Waals surface area contributed by atoms with Crippen LogP contribution in [0.25, 0.3) is 0 Å². The number of hydrazone groups is 1. The quantitative estimate of drug-likeness (QED) is 0.630. The fourth-order valence-corrected chi connectivity index (χ4v) is 2.82. The lowest BCUT2D eigenvalue weighted by atomic mass is 9.99. The van der Waals surface area contributed by atoms with Crippen LogP contribution in [0.2, 0.25) is 0 Å². The Hall–Kier alpha value is -2.34. The first-order valence-electron chi connectivity index (χ1n) is 7.37. The van der Waals surface area contributed by atoms with Crippen molar-refractivity contribution >= 4 is 16.2 Å². The van der Waals surface area contributed by atoms with Gasteiger partial charge in [-0.3, -0.25) is 0 Å². The SMILES string of the molecule is CCC(C)c1ccc(S(=O)(=O)NN=Cc2ccccc2O)cc1. The Labute approximate surface area is 136 Å². The number of hydrogen-bond donors (Lipinski definition) is 2. The molecule has 0 saturated carbocycles. The third kappa shape index (κ3) is 4.32. The van der Waals surface area contributed by atoms with Gasteiger partial charge in [-0.1, -0.05) is 38.1 Å². The van der Waals surface area contributed by atoms with Gasteiger partial charge in [0.1, 0.15) is 5.75 Å². The summed E-state index contributed by atoms with van der Waals surface area (Å²) >= 11 is 0. The van der Waals surface area contributed by atoms with Crippen molar-refractivity contribution in [3.63, 3.8) is 0 Å². The van der Waals surface area contributed by atoms with Gasteiger partial charge >= 0.3 is 0 Å². The first-order chi connectivity index (χ1) is 10.9. The summed E-state index contributed by atoms with van der Waals surface area (Å²) in [6, 6.07) is 13.3. The van der Waals surface area contributed by atoms with Crippen LogP contribution in [0.4, 0.5) is 0 Å². The molecule has 1 atom stereocenters. The van der Waals surface area contributed by atoms with E-state index in [9.17, 15) is 13.5 Å². The average molecular weight is 332 g/mol. The van der Waals surface area contributed by atoms with Crippen LogP contribution in [-0.2, 0) is 10.0 Å². The maximum absolute atomic E-state index is 12.2. The number of rotatable bonds is 6. The number of sulfonamides is 1. The minimum atomic E-state index is -3.72. The topological polar surface area (TPSA) is 78.8 Å². The molecule has 2 N–H and O–H groups in total. The van der Waals surface area contributed by atoms with E-state index >= 15 is 0 Å². The summed E-state index contributed by atoms with van der Waals surface area (Å²) in [6.07, 6.45) is 2.26. The summed E-state index contributed by atoms with van der Waals surface area (Å²) in [5.74, 6) is 0.423. The van der Waals surface area contributed by atoms with Crippen LogP contribution in [0.5, 0.6) is 5.75 Å². The number of benzene rings is 2. The molecule has 6 heteroatoms. The Balaban J connectivity index is 2.11. The van der Waals surface area contributed by atoms with Crippen LogP contribution in [0, 0.1) is 0 Å². The zero-order valence-corrected chi connectivity index (χ0v) is 13.9. The Morgan fingerprint density at radius 1 is 1.17 bits per heavy atom. The molecule has 2 rings (SSSR count). The number of para-hydroxylation sites is 1. The van der Waals surface area contributed by atoms with Crippen LogP contribution in [-0.4, -0.2) is 19.7 Å². The van der Waals surface area contributed by atoms with Crippen molar-refractivity contribution in [1.29, 1.82) is 0 Å². The summed E-state index contributed by atoms with van der Waals surface area (Å²) in [4.78, 5) is 2.30. The number of hydrogen-bond acceptors (Lipinski definition) is 4.